The molecule has 5 nitrogen and oxygen atoms in total. The molecular formula is C43H80O5. The molecule has 1 atom stereocenters. The van der Waals surface area contributed by atoms with Crippen LogP contribution in [0.1, 0.15) is 219 Å². The van der Waals surface area contributed by atoms with Gasteiger partial charge in [-0.3, -0.25) is 9.59 Å². The van der Waals surface area contributed by atoms with E-state index < -0.39 is 6.10 Å². The van der Waals surface area contributed by atoms with Crippen molar-refractivity contribution in [3.8, 4) is 0 Å². The van der Waals surface area contributed by atoms with Gasteiger partial charge >= 0.3 is 11.9 Å². The van der Waals surface area contributed by atoms with Crippen molar-refractivity contribution < 1.29 is 24.2 Å². The van der Waals surface area contributed by atoms with E-state index in [1.807, 2.05) is 0 Å². The molecule has 0 heterocycles. The summed E-state index contributed by atoms with van der Waals surface area (Å²) in [5.41, 5.74) is 0. The predicted molar refractivity (Wildman–Crippen MR) is 205 cm³/mol. The lowest BCUT2D eigenvalue weighted by molar-refractivity contribution is -0.152. The lowest BCUT2D eigenvalue weighted by atomic mass is 10.1. The average molecular weight is 677 g/mol. The Kier molecular flexibility index (Phi) is 38.5. The second-order valence-corrected chi connectivity index (χ2v) is 14.1. The number of unbranched alkanes of at least 4 members (excludes halogenated alkanes) is 26. The molecule has 1 N–H and O–H groups in total. The minimum atomic E-state index is -0.963. The van der Waals surface area contributed by atoms with Crippen LogP contribution in [0, 0.1) is 0 Å². The summed E-state index contributed by atoms with van der Waals surface area (Å²) in [7, 11) is 0. The SMILES string of the molecule is CCCCCC/C=C\CCCCCCCCCC(=O)OC[C@@H](O)COC(=O)CCCCCCCCCCC/C=C\CCCCCCCC. The fraction of sp³-hybridized carbons (Fsp3) is 0.860. The van der Waals surface area contributed by atoms with E-state index in [1.54, 1.807) is 0 Å². The Hall–Kier alpha value is -1.62. The second-order valence-electron chi connectivity index (χ2n) is 14.1. The van der Waals surface area contributed by atoms with Gasteiger partial charge in [0, 0.05) is 12.8 Å². The molecule has 0 aromatic heterocycles. The molecule has 0 radical (unpaired) electrons. The molecule has 5 heteroatoms. The summed E-state index contributed by atoms with van der Waals surface area (Å²) >= 11 is 0. The van der Waals surface area contributed by atoms with Gasteiger partial charge in [-0.1, -0.05) is 167 Å². The van der Waals surface area contributed by atoms with Crippen molar-refractivity contribution in [3.05, 3.63) is 24.3 Å². The molecule has 48 heavy (non-hydrogen) atoms. The van der Waals surface area contributed by atoms with E-state index >= 15 is 0 Å². The van der Waals surface area contributed by atoms with Crippen LogP contribution >= 0.6 is 0 Å². The fourth-order valence-corrected chi connectivity index (χ4v) is 5.96. The molecule has 0 rings (SSSR count). The molecule has 0 fully saturated rings. The van der Waals surface area contributed by atoms with Crippen LogP contribution in [0.3, 0.4) is 0 Å². The largest absolute Gasteiger partial charge is 0.463 e. The molecule has 0 aliphatic heterocycles. The summed E-state index contributed by atoms with van der Waals surface area (Å²) in [5, 5.41) is 10.0. The smallest absolute Gasteiger partial charge is 0.305 e. The number of aliphatic hydroxyl groups excluding tert-OH is 1. The highest BCUT2D eigenvalue weighted by Gasteiger charge is 2.12. The first kappa shape index (κ1) is 46.4. The second kappa shape index (κ2) is 39.8. The van der Waals surface area contributed by atoms with E-state index in [9.17, 15) is 14.7 Å². The summed E-state index contributed by atoms with van der Waals surface area (Å²) in [6.45, 7) is 4.29. The third kappa shape index (κ3) is 38.8. The maximum atomic E-state index is 12.0. The molecule has 0 aliphatic rings. The number of esters is 2. The Morgan fingerprint density at radius 1 is 0.417 bits per heavy atom. The number of aliphatic hydroxyl groups is 1. The van der Waals surface area contributed by atoms with Gasteiger partial charge in [0.2, 0.25) is 0 Å². The lowest BCUT2D eigenvalue weighted by Gasteiger charge is -2.12. The first-order chi connectivity index (χ1) is 23.6. The Labute approximate surface area is 298 Å². The van der Waals surface area contributed by atoms with Gasteiger partial charge in [0.1, 0.15) is 19.3 Å². The quantitative estimate of drug-likeness (QED) is 0.0400. The number of carbonyl (C=O) groups excluding carboxylic acids is 2. The van der Waals surface area contributed by atoms with Gasteiger partial charge in [0.15, 0.2) is 0 Å². The zero-order valence-electron chi connectivity index (χ0n) is 32.0. The van der Waals surface area contributed by atoms with E-state index in [4.69, 9.17) is 9.47 Å². The minimum absolute atomic E-state index is 0.115. The van der Waals surface area contributed by atoms with Crippen LogP contribution < -0.4 is 0 Å². The topological polar surface area (TPSA) is 72.8 Å². The van der Waals surface area contributed by atoms with Crippen molar-refractivity contribution in [2.24, 2.45) is 0 Å². The summed E-state index contributed by atoms with van der Waals surface area (Å²) in [4.78, 5) is 24.0. The van der Waals surface area contributed by atoms with Crippen LogP contribution in [0.25, 0.3) is 0 Å². The third-order valence-corrected chi connectivity index (χ3v) is 9.16. The van der Waals surface area contributed by atoms with Crippen molar-refractivity contribution >= 4 is 11.9 Å². The van der Waals surface area contributed by atoms with Gasteiger partial charge in [-0.2, -0.15) is 0 Å². The number of ether oxygens (including phenoxy) is 2. The number of hydrogen-bond acceptors (Lipinski definition) is 5. The van der Waals surface area contributed by atoms with E-state index in [-0.39, 0.29) is 25.2 Å². The first-order valence-electron chi connectivity index (χ1n) is 20.9. The third-order valence-electron chi connectivity index (χ3n) is 9.16. The van der Waals surface area contributed by atoms with Gasteiger partial charge in [0.05, 0.1) is 0 Å². The Bertz CT molecular complexity index is 731. The van der Waals surface area contributed by atoms with Crippen LogP contribution in [-0.2, 0) is 19.1 Å². The normalized spacial score (nSPS) is 12.3. The van der Waals surface area contributed by atoms with Crippen LogP contribution in [0.2, 0.25) is 0 Å². The Morgan fingerprint density at radius 2 is 0.667 bits per heavy atom. The molecule has 0 aromatic rings. The summed E-state index contributed by atoms with van der Waals surface area (Å²) in [6.07, 6.45) is 46.6. The Morgan fingerprint density at radius 3 is 0.979 bits per heavy atom. The highest BCUT2D eigenvalue weighted by Crippen LogP contribution is 2.14. The van der Waals surface area contributed by atoms with Gasteiger partial charge in [-0.05, 0) is 64.2 Å². The number of allylic oxidation sites excluding steroid dienone is 4. The average Bonchev–Trinajstić information content (AvgIpc) is 3.09. The van der Waals surface area contributed by atoms with Crippen LogP contribution in [0.4, 0.5) is 0 Å². The molecule has 282 valence electrons. The molecule has 0 amide bonds. The molecule has 0 bridgehead atoms. The molecule has 0 saturated heterocycles. The van der Waals surface area contributed by atoms with Crippen LogP contribution in [0.5, 0.6) is 0 Å². The predicted octanol–water partition coefficient (Wildman–Crippen LogP) is 13.1. The maximum absolute atomic E-state index is 12.0. The van der Waals surface area contributed by atoms with Gasteiger partial charge < -0.3 is 14.6 Å². The van der Waals surface area contributed by atoms with Crippen molar-refractivity contribution in [1.82, 2.24) is 0 Å². The van der Waals surface area contributed by atoms with Crippen LogP contribution in [0.15, 0.2) is 24.3 Å². The van der Waals surface area contributed by atoms with E-state index in [1.165, 1.54) is 154 Å². The van der Waals surface area contributed by atoms with Gasteiger partial charge in [-0.15, -0.1) is 0 Å². The molecule has 0 unspecified atom stereocenters. The van der Waals surface area contributed by atoms with Crippen molar-refractivity contribution in [1.29, 1.82) is 0 Å². The van der Waals surface area contributed by atoms with Crippen molar-refractivity contribution in [3.63, 3.8) is 0 Å². The summed E-state index contributed by atoms with van der Waals surface area (Å²) < 4.78 is 10.3. The van der Waals surface area contributed by atoms with Gasteiger partial charge in [-0.25, -0.2) is 0 Å². The van der Waals surface area contributed by atoms with Crippen molar-refractivity contribution in [2.75, 3.05) is 13.2 Å². The Balaban J connectivity index is 3.41. The fourth-order valence-electron chi connectivity index (χ4n) is 5.96. The molecule has 0 aromatic carbocycles. The van der Waals surface area contributed by atoms with E-state index in [0.29, 0.717) is 12.8 Å². The highest BCUT2D eigenvalue weighted by atomic mass is 16.6. The van der Waals surface area contributed by atoms with Gasteiger partial charge in [0.25, 0.3) is 0 Å². The molecule has 0 aliphatic carbocycles. The van der Waals surface area contributed by atoms with E-state index in [0.717, 1.165) is 38.5 Å². The standard InChI is InChI=1S/C43H80O5/c1-3-5-7-9-11-13-15-17-19-20-21-22-24-26-28-30-32-34-36-38-43(46)48-40-41(44)39-47-42(45)37-35-33-31-29-27-25-23-18-16-14-12-10-8-6-4-2/h14,16-17,19,41,44H,3-13,15,18,20-40H2,1-2H3/b16-14-,19-17-/t41-/m1/s1. The monoisotopic (exact) mass is 677 g/mol. The zero-order chi connectivity index (χ0) is 35.0. The first-order valence-corrected chi connectivity index (χ1v) is 20.9. The summed E-state index contributed by atoms with van der Waals surface area (Å²) in [6, 6.07) is 0. The number of rotatable bonds is 38. The molecule has 0 spiro atoms. The number of carbonyl (C=O) groups is 2. The summed E-state index contributed by atoms with van der Waals surface area (Å²) in [5.74, 6) is -0.566. The van der Waals surface area contributed by atoms with Crippen molar-refractivity contribution in [2.45, 2.75) is 225 Å². The number of hydrogen-bond donors (Lipinski definition) is 1. The zero-order valence-corrected chi connectivity index (χ0v) is 32.0. The highest BCUT2D eigenvalue weighted by molar-refractivity contribution is 5.69. The maximum Gasteiger partial charge on any atom is 0.305 e. The molecule has 0 saturated carbocycles. The van der Waals surface area contributed by atoms with E-state index in [2.05, 4.69) is 38.2 Å². The lowest BCUT2D eigenvalue weighted by Crippen LogP contribution is -2.25. The van der Waals surface area contributed by atoms with Crippen LogP contribution in [-0.4, -0.2) is 36.4 Å². The minimum Gasteiger partial charge on any atom is -0.463 e. The molecular weight excluding hydrogens is 596 g/mol.